The molecule has 1 aliphatic rings. The molecule has 0 saturated carbocycles. The SMILES string of the molecule is NC(=O)C1CCCCN1Cc1ccc(Br)cc1Cl. The van der Waals surface area contributed by atoms with Gasteiger partial charge >= 0.3 is 0 Å². The van der Waals surface area contributed by atoms with Crippen molar-refractivity contribution >= 4 is 33.4 Å². The van der Waals surface area contributed by atoms with Gasteiger partial charge in [-0.2, -0.15) is 0 Å². The Balaban J connectivity index is 2.13. The van der Waals surface area contributed by atoms with Crippen molar-refractivity contribution in [3.8, 4) is 0 Å². The van der Waals surface area contributed by atoms with Gasteiger partial charge in [-0.1, -0.05) is 40.0 Å². The van der Waals surface area contributed by atoms with Gasteiger partial charge < -0.3 is 5.73 Å². The van der Waals surface area contributed by atoms with Gasteiger partial charge in [0.05, 0.1) is 6.04 Å². The quantitative estimate of drug-likeness (QED) is 0.925. The second-order valence-electron chi connectivity index (χ2n) is 4.62. The molecule has 0 spiro atoms. The van der Waals surface area contributed by atoms with Crippen molar-refractivity contribution in [2.45, 2.75) is 31.8 Å². The molecule has 1 aromatic rings. The smallest absolute Gasteiger partial charge is 0.234 e. The molecule has 0 aliphatic carbocycles. The number of carbonyl (C=O) groups is 1. The second kappa shape index (κ2) is 6.04. The molecule has 1 atom stereocenters. The molecule has 2 N–H and O–H groups in total. The largest absolute Gasteiger partial charge is 0.368 e. The van der Waals surface area contributed by atoms with E-state index in [1.54, 1.807) is 0 Å². The number of hydrogen-bond donors (Lipinski definition) is 1. The summed E-state index contributed by atoms with van der Waals surface area (Å²) >= 11 is 9.59. The van der Waals surface area contributed by atoms with Crippen molar-refractivity contribution < 1.29 is 4.79 Å². The summed E-state index contributed by atoms with van der Waals surface area (Å²) in [6.07, 6.45) is 3.03. The molecule has 1 saturated heterocycles. The van der Waals surface area contributed by atoms with E-state index >= 15 is 0 Å². The number of nitrogens with two attached hydrogens (primary N) is 1. The van der Waals surface area contributed by atoms with Crippen LogP contribution in [0.1, 0.15) is 24.8 Å². The highest BCUT2D eigenvalue weighted by Crippen LogP contribution is 2.25. The monoisotopic (exact) mass is 330 g/mol. The molecule has 0 bridgehead atoms. The van der Waals surface area contributed by atoms with E-state index in [2.05, 4.69) is 20.8 Å². The van der Waals surface area contributed by atoms with Crippen LogP contribution in [0.4, 0.5) is 0 Å². The number of likely N-dealkylation sites (tertiary alicyclic amines) is 1. The van der Waals surface area contributed by atoms with Gasteiger partial charge in [-0.3, -0.25) is 9.69 Å². The Kier molecular flexibility index (Phi) is 4.65. The highest BCUT2D eigenvalue weighted by Gasteiger charge is 2.27. The molecule has 3 nitrogen and oxygen atoms in total. The summed E-state index contributed by atoms with van der Waals surface area (Å²) < 4.78 is 0.960. The van der Waals surface area contributed by atoms with E-state index in [-0.39, 0.29) is 11.9 Å². The normalized spacial score (nSPS) is 20.9. The Hall–Kier alpha value is -0.580. The molecule has 1 fully saturated rings. The van der Waals surface area contributed by atoms with E-state index in [4.69, 9.17) is 17.3 Å². The van der Waals surface area contributed by atoms with E-state index < -0.39 is 0 Å². The predicted molar refractivity (Wildman–Crippen MR) is 76.4 cm³/mol. The highest BCUT2D eigenvalue weighted by molar-refractivity contribution is 9.10. The fourth-order valence-electron chi connectivity index (χ4n) is 2.37. The lowest BCUT2D eigenvalue weighted by Crippen LogP contribution is -2.47. The minimum absolute atomic E-state index is 0.154. The molecular formula is C13H16BrClN2O. The average molecular weight is 332 g/mol. The molecular weight excluding hydrogens is 316 g/mol. The fraction of sp³-hybridized carbons (Fsp3) is 0.462. The summed E-state index contributed by atoms with van der Waals surface area (Å²) in [5.41, 5.74) is 6.49. The summed E-state index contributed by atoms with van der Waals surface area (Å²) in [5.74, 6) is -0.233. The molecule has 5 heteroatoms. The molecule has 98 valence electrons. The second-order valence-corrected chi connectivity index (χ2v) is 5.94. The number of halogens is 2. The maximum atomic E-state index is 11.4. The van der Waals surface area contributed by atoms with Crippen molar-refractivity contribution in [2.75, 3.05) is 6.54 Å². The summed E-state index contributed by atoms with van der Waals surface area (Å²) in [5, 5.41) is 0.721. The minimum Gasteiger partial charge on any atom is -0.368 e. The zero-order chi connectivity index (χ0) is 13.1. The van der Waals surface area contributed by atoms with E-state index in [9.17, 15) is 4.79 Å². The average Bonchev–Trinajstić information content (AvgIpc) is 2.33. The Morgan fingerprint density at radius 2 is 2.28 bits per heavy atom. The highest BCUT2D eigenvalue weighted by atomic mass is 79.9. The van der Waals surface area contributed by atoms with Crippen LogP contribution in [-0.2, 0) is 11.3 Å². The Morgan fingerprint density at radius 1 is 1.50 bits per heavy atom. The molecule has 1 unspecified atom stereocenters. The van der Waals surface area contributed by atoms with Crippen LogP contribution >= 0.6 is 27.5 Å². The first-order valence-electron chi connectivity index (χ1n) is 6.05. The number of primary amides is 1. The van der Waals surface area contributed by atoms with Gasteiger partial charge in [0.25, 0.3) is 0 Å². The topological polar surface area (TPSA) is 46.3 Å². The molecule has 18 heavy (non-hydrogen) atoms. The van der Waals surface area contributed by atoms with Gasteiger partial charge in [0.15, 0.2) is 0 Å². The van der Waals surface area contributed by atoms with Gasteiger partial charge in [-0.15, -0.1) is 0 Å². The first-order chi connectivity index (χ1) is 8.58. The number of carbonyl (C=O) groups excluding carboxylic acids is 1. The molecule has 1 aromatic carbocycles. The first kappa shape index (κ1) is 13.8. The predicted octanol–water partition coefficient (Wildman–Crippen LogP) is 2.94. The summed E-state index contributed by atoms with van der Waals surface area (Å²) in [4.78, 5) is 13.6. The van der Waals surface area contributed by atoms with E-state index in [1.807, 2.05) is 18.2 Å². The standard InChI is InChI=1S/C13H16BrClN2O/c14-10-5-4-9(11(15)7-10)8-17-6-2-1-3-12(17)13(16)18/h4-5,7,12H,1-3,6,8H2,(H2,16,18). The third-order valence-electron chi connectivity index (χ3n) is 3.33. The van der Waals surface area contributed by atoms with Crippen LogP contribution < -0.4 is 5.73 Å². The Morgan fingerprint density at radius 3 is 2.94 bits per heavy atom. The number of nitrogens with zero attached hydrogens (tertiary/aromatic N) is 1. The lowest BCUT2D eigenvalue weighted by atomic mass is 10.0. The summed E-state index contributed by atoms with van der Waals surface area (Å²) in [6, 6.07) is 5.67. The first-order valence-corrected chi connectivity index (χ1v) is 7.22. The van der Waals surface area contributed by atoms with Crippen molar-refractivity contribution in [1.82, 2.24) is 4.90 Å². The zero-order valence-corrected chi connectivity index (χ0v) is 12.4. The lowest BCUT2D eigenvalue weighted by molar-refractivity contribution is -0.124. The van der Waals surface area contributed by atoms with Crippen LogP contribution in [0.5, 0.6) is 0 Å². The third-order valence-corrected chi connectivity index (χ3v) is 4.18. The molecule has 1 amide bonds. The molecule has 2 rings (SSSR count). The van der Waals surface area contributed by atoms with E-state index in [0.717, 1.165) is 40.9 Å². The van der Waals surface area contributed by atoms with Crippen LogP contribution in [0.25, 0.3) is 0 Å². The van der Waals surface area contributed by atoms with Gasteiger partial charge in [-0.05, 0) is 37.1 Å². The number of benzene rings is 1. The number of piperidine rings is 1. The van der Waals surface area contributed by atoms with Crippen LogP contribution in [0.2, 0.25) is 5.02 Å². The number of amides is 1. The van der Waals surface area contributed by atoms with E-state index in [0.29, 0.717) is 6.54 Å². The van der Waals surface area contributed by atoms with Crippen molar-refractivity contribution in [1.29, 1.82) is 0 Å². The van der Waals surface area contributed by atoms with Crippen LogP contribution in [0.15, 0.2) is 22.7 Å². The molecule has 0 aromatic heterocycles. The number of hydrogen-bond acceptors (Lipinski definition) is 2. The third kappa shape index (κ3) is 3.25. The van der Waals surface area contributed by atoms with Crippen LogP contribution in [0.3, 0.4) is 0 Å². The molecule has 1 heterocycles. The Bertz CT molecular complexity index is 453. The van der Waals surface area contributed by atoms with Gasteiger partial charge in [0, 0.05) is 16.0 Å². The van der Waals surface area contributed by atoms with Crippen molar-refractivity contribution in [2.24, 2.45) is 5.73 Å². The van der Waals surface area contributed by atoms with Crippen LogP contribution in [0, 0.1) is 0 Å². The molecule has 1 aliphatic heterocycles. The Labute approximate surface area is 120 Å². The van der Waals surface area contributed by atoms with Crippen molar-refractivity contribution in [3.63, 3.8) is 0 Å². The minimum atomic E-state index is -0.233. The van der Waals surface area contributed by atoms with Gasteiger partial charge in [-0.25, -0.2) is 0 Å². The summed E-state index contributed by atoms with van der Waals surface area (Å²) in [6.45, 7) is 1.58. The van der Waals surface area contributed by atoms with Gasteiger partial charge in [0.2, 0.25) is 5.91 Å². The van der Waals surface area contributed by atoms with E-state index in [1.165, 1.54) is 0 Å². The van der Waals surface area contributed by atoms with Crippen molar-refractivity contribution in [3.05, 3.63) is 33.3 Å². The lowest BCUT2D eigenvalue weighted by Gasteiger charge is -2.33. The maximum absolute atomic E-state index is 11.4. The molecule has 0 radical (unpaired) electrons. The summed E-state index contributed by atoms with van der Waals surface area (Å²) in [7, 11) is 0. The van der Waals surface area contributed by atoms with Gasteiger partial charge in [0.1, 0.15) is 0 Å². The fourth-order valence-corrected chi connectivity index (χ4v) is 3.10. The van der Waals surface area contributed by atoms with Crippen LogP contribution in [-0.4, -0.2) is 23.4 Å². The number of rotatable bonds is 3. The maximum Gasteiger partial charge on any atom is 0.234 e. The zero-order valence-electron chi connectivity index (χ0n) is 10.0.